The number of H-pyrrole nitrogens is 1. The van der Waals surface area contributed by atoms with Gasteiger partial charge in [0.25, 0.3) is 0 Å². The molecule has 0 spiro atoms. The summed E-state index contributed by atoms with van der Waals surface area (Å²) < 4.78 is 11.3. The fraction of sp³-hybridized carbons (Fsp3) is 0.371. The molecule has 0 radical (unpaired) electrons. The number of methoxy groups -OCH3 is 1. The third kappa shape index (κ3) is 6.43. The lowest BCUT2D eigenvalue weighted by atomic mass is 9.72. The Hall–Kier alpha value is -3.81. The van der Waals surface area contributed by atoms with Crippen molar-refractivity contribution in [3.63, 3.8) is 0 Å². The predicted octanol–water partition coefficient (Wildman–Crippen LogP) is 7.97. The van der Waals surface area contributed by atoms with Crippen LogP contribution < -0.4 is 9.64 Å². The summed E-state index contributed by atoms with van der Waals surface area (Å²) in [5, 5.41) is 1.71. The van der Waals surface area contributed by atoms with E-state index in [9.17, 15) is 4.79 Å². The van der Waals surface area contributed by atoms with Crippen LogP contribution in [0.1, 0.15) is 56.0 Å². The van der Waals surface area contributed by atoms with Gasteiger partial charge in [-0.05, 0) is 79.1 Å². The number of aromatic amines is 1. The third-order valence-electron chi connectivity index (χ3n) is 8.88. The minimum Gasteiger partial charge on any atom is -0.465 e. The first kappa shape index (κ1) is 29.3. The Balaban J connectivity index is 1.20. The Labute approximate surface area is 258 Å². The van der Waals surface area contributed by atoms with E-state index in [1.807, 2.05) is 42.6 Å². The smallest absolute Gasteiger partial charge is 0.341 e. The highest BCUT2D eigenvalue weighted by Gasteiger charge is 2.31. The van der Waals surface area contributed by atoms with E-state index in [1.165, 1.54) is 24.7 Å². The number of hydrogen-bond donors (Lipinski definition) is 1. The van der Waals surface area contributed by atoms with Crippen molar-refractivity contribution in [2.45, 2.75) is 46.1 Å². The van der Waals surface area contributed by atoms with Crippen LogP contribution >= 0.6 is 11.6 Å². The van der Waals surface area contributed by atoms with Crippen LogP contribution in [0.3, 0.4) is 0 Å². The van der Waals surface area contributed by atoms with Crippen molar-refractivity contribution >= 4 is 39.9 Å². The van der Waals surface area contributed by atoms with Crippen molar-refractivity contribution in [3.05, 3.63) is 88.7 Å². The number of allylic oxidation sites excluding steroid dienone is 1. The van der Waals surface area contributed by atoms with Gasteiger partial charge in [0.05, 0.1) is 13.3 Å². The van der Waals surface area contributed by atoms with Gasteiger partial charge in [-0.15, -0.1) is 0 Å². The number of carbonyl (C=O) groups is 1. The molecule has 43 heavy (non-hydrogen) atoms. The molecule has 4 aromatic rings. The van der Waals surface area contributed by atoms with Gasteiger partial charge in [0, 0.05) is 60.6 Å². The molecule has 2 aromatic heterocycles. The molecule has 7 nitrogen and oxygen atoms in total. The van der Waals surface area contributed by atoms with Crippen molar-refractivity contribution in [2.75, 3.05) is 38.2 Å². The first-order valence-electron chi connectivity index (χ1n) is 15.0. The molecule has 1 atom stereocenters. The summed E-state index contributed by atoms with van der Waals surface area (Å²) in [4.78, 5) is 25.1. The Morgan fingerprint density at radius 1 is 1.12 bits per heavy atom. The SMILES string of the molecule is COC(=O)c1ccc(N2CCN(CC3=C(c4ccc(Cl)cc4)CC(C)(C)CC3)[C@H](C)C2)cc1Oc1cnc2[nH]ccc2c1. The molecule has 8 heteroatoms. The molecule has 1 fully saturated rings. The number of aromatic nitrogens is 2. The van der Waals surface area contributed by atoms with E-state index in [4.69, 9.17) is 21.1 Å². The maximum Gasteiger partial charge on any atom is 0.341 e. The molecule has 1 N–H and O–H groups in total. The van der Waals surface area contributed by atoms with Crippen molar-refractivity contribution in [3.8, 4) is 11.5 Å². The van der Waals surface area contributed by atoms with Gasteiger partial charge in [-0.3, -0.25) is 4.90 Å². The predicted molar refractivity (Wildman–Crippen MR) is 173 cm³/mol. The maximum atomic E-state index is 12.6. The molecular formula is C35H39ClN4O3. The summed E-state index contributed by atoms with van der Waals surface area (Å²) in [7, 11) is 1.38. The van der Waals surface area contributed by atoms with Gasteiger partial charge in [0.2, 0.25) is 0 Å². The first-order chi connectivity index (χ1) is 20.7. The summed E-state index contributed by atoms with van der Waals surface area (Å²) in [6.45, 7) is 10.7. The molecule has 0 unspecified atom stereocenters. The number of esters is 1. The topological polar surface area (TPSA) is 70.7 Å². The molecule has 0 saturated carbocycles. The molecule has 6 rings (SSSR count). The van der Waals surface area contributed by atoms with Crippen LogP contribution in [-0.4, -0.2) is 60.2 Å². The van der Waals surface area contributed by atoms with E-state index in [2.05, 4.69) is 52.7 Å². The number of anilines is 1. The lowest BCUT2D eigenvalue weighted by molar-refractivity contribution is 0.0598. The summed E-state index contributed by atoms with van der Waals surface area (Å²) in [6.07, 6.45) is 6.91. The molecule has 0 amide bonds. The first-order valence-corrected chi connectivity index (χ1v) is 15.4. The molecule has 1 aliphatic carbocycles. The van der Waals surface area contributed by atoms with E-state index in [-0.39, 0.29) is 0 Å². The minimum absolute atomic E-state index is 0.294. The number of carbonyl (C=O) groups excluding carboxylic acids is 1. The summed E-state index contributed by atoms with van der Waals surface area (Å²) in [6, 6.07) is 18.3. The zero-order valence-corrected chi connectivity index (χ0v) is 26.1. The van der Waals surface area contributed by atoms with Gasteiger partial charge in [-0.2, -0.15) is 0 Å². The third-order valence-corrected chi connectivity index (χ3v) is 9.13. The number of ether oxygens (including phenoxy) is 2. The van der Waals surface area contributed by atoms with Gasteiger partial charge in [0.15, 0.2) is 0 Å². The molecule has 224 valence electrons. The van der Waals surface area contributed by atoms with Gasteiger partial charge in [-0.1, -0.05) is 43.2 Å². The van der Waals surface area contributed by atoms with Crippen molar-refractivity contribution in [1.82, 2.24) is 14.9 Å². The van der Waals surface area contributed by atoms with Crippen molar-refractivity contribution in [1.29, 1.82) is 0 Å². The molecule has 1 aliphatic heterocycles. The van der Waals surface area contributed by atoms with E-state index in [0.29, 0.717) is 28.5 Å². The highest BCUT2D eigenvalue weighted by Crippen LogP contribution is 2.43. The highest BCUT2D eigenvalue weighted by molar-refractivity contribution is 6.30. The average molecular weight is 599 g/mol. The number of piperazine rings is 1. The van der Waals surface area contributed by atoms with Crippen LogP contribution in [0, 0.1) is 5.41 Å². The summed E-state index contributed by atoms with van der Waals surface area (Å²) >= 11 is 6.22. The van der Waals surface area contributed by atoms with Gasteiger partial charge in [-0.25, -0.2) is 9.78 Å². The molecule has 1 saturated heterocycles. The molecular weight excluding hydrogens is 560 g/mol. The number of pyridine rings is 1. The second-order valence-electron chi connectivity index (χ2n) is 12.6. The lowest BCUT2D eigenvalue weighted by Crippen LogP contribution is -2.52. The number of hydrogen-bond acceptors (Lipinski definition) is 6. The fourth-order valence-electron chi connectivity index (χ4n) is 6.35. The van der Waals surface area contributed by atoms with Crippen LogP contribution in [0.25, 0.3) is 16.6 Å². The number of nitrogens with zero attached hydrogens (tertiary/aromatic N) is 3. The van der Waals surface area contributed by atoms with Crippen LogP contribution in [0.5, 0.6) is 11.5 Å². The fourth-order valence-corrected chi connectivity index (χ4v) is 6.47. The van der Waals surface area contributed by atoms with E-state index < -0.39 is 5.97 Å². The second-order valence-corrected chi connectivity index (χ2v) is 13.0. The van der Waals surface area contributed by atoms with Crippen LogP contribution in [-0.2, 0) is 4.74 Å². The highest BCUT2D eigenvalue weighted by atomic mass is 35.5. The maximum absolute atomic E-state index is 12.6. The van der Waals surface area contributed by atoms with E-state index in [0.717, 1.165) is 60.8 Å². The van der Waals surface area contributed by atoms with Crippen molar-refractivity contribution < 1.29 is 14.3 Å². The number of fused-ring (bicyclic) bond motifs is 1. The van der Waals surface area contributed by atoms with Gasteiger partial charge < -0.3 is 19.4 Å². The molecule has 2 aliphatic rings. The minimum atomic E-state index is -0.434. The molecule has 0 bridgehead atoms. The van der Waals surface area contributed by atoms with E-state index >= 15 is 0 Å². The number of benzene rings is 2. The second kappa shape index (κ2) is 12.1. The van der Waals surface area contributed by atoms with Crippen LogP contribution in [0.15, 0.2) is 72.6 Å². The number of rotatable bonds is 7. The standard InChI is InChI=1S/C35H39ClN4O3/c1-23-21-40(16-15-39(23)22-26-11-13-35(2,3)19-31(26)24-5-7-27(36)8-6-24)28-9-10-30(34(41)42-4)32(18-28)43-29-17-25-12-14-37-33(25)38-20-29/h5-10,12,14,17-18,20,23H,11,13,15-16,19,21-22H2,1-4H3,(H,37,38)/t23-/m1/s1. The molecule has 2 aromatic carbocycles. The lowest BCUT2D eigenvalue weighted by Gasteiger charge is -2.43. The quantitative estimate of drug-likeness (QED) is 0.218. The van der Waals surface area contributed by atoms with Crippen molar-refractivity contribution in [2.24, 2.45) is 5.41 Å². The number of halogens is 1. The zero-order chi connectivity index (χ0) is 30.1. The Bertz CT molecular complexity index is 1660. The number of nitrogens with one attached hydrogen (secondary N) is 1. The largest absolute Gasteiger partial charge is 0.465 e. The van der Waals surface area contributed by atoms with Crippen LogP contribution in [0.4, 0.5) is 5.69 Å². The Kier molecular flexibility index (Phi) is 8.21. The van der Waals surface area contributed by atoms with Crippen LogP contribution in [0.2, 0.25) is 5.02 Å². The Morgan fingerprint density at radius 3 is 2.70 bits per heavy atom. The zero-order valence-electron chi connectivity index (χ0n) is 25.3. The summed E-state index contributed by atoms with van der Waals surface area (Å²) in [5.41, 5.74) is 6.81. The van der Waals surface area contributed by atoms with Gasteiger partial charge in [0.1, 0.15) is 22.7 Å². The van der Waals surface area contributed by atoms with E-state index in [1.54, 1.807) is 17.8 Å². The molecule has 3 heterocycles. The summed E-state index contributed by atoms with van der Waals surface area (Å²) in [5.74, 6) is 0.586. The Morgan fingerprint density at radius 2 is 1.93 bits per heavy atom. The van der Waals surface area contributed by atoms with Gasteiger partial charge >= 0.3 is 5.97 Å². The normalized spacial score (nSPS) is 19.1. The average Bonchev–Trinajstić information content (AvgIpc) is 3.47. The monoisotopic (exact) mass is 598 g/mol.